The molecule has 2 amide bonds. The third kappa shape index (κ3) is 6.38. The van der Waals surface area contributed by atoms with Gasteiger partial charge < -0.3 is 19.6 Å². The lowest BCUT2D eigenvalue weighted by Gasteiger charge is -2.37. The van der Waals surface area contributed by atoms with E-state index >= 15 is 0 Å². The summed E-state index contributed by atoms with van der Waals surface area (Å²) in [6, 6.07) is 5.27. The quantitative estimate of drug-likeness (QED) is 0.729. The van der Waals surface area contributed by atoms with Gasteiger partial charge >= 0.3 is 6.09 Å². The van der Waals surface area contributed by atoms with Crippen LogP contribution in [0, 0.1) is 5.92 Å². The van der Waals surface area contributed by atoms with Crippen molar-refractivity contribution >= 4 is 12.0 Å². The van der Waals surface area contributed by atoms with E-state index in [4.69, 9.17) is 4.74 Å². The largest absolute Gasteiger partial charge is 0.507 e. The van der Waals surface area contributed by atoms with Crippen LogP contribution in [-0.4, -0.2) is 58.2 Å². The SMILES string of the molecule is CC(C)c1ccc(O)c(C(=O)N2CCCC(CN(C(=O)OC(C)(C)C)C(C)C)C2)c1. The molecule has 0 spiro atoms. The molecule has 0 aliphatic carbocycles. The molecule has 1 saturated heterocycles. The monoisotopic (exact) mass is 418 g/mol. The van der Waals surface area contributed by atoms with Crippen LogP contribution in [0.5, 0.6) is 5.75 Å². The zero-order chi connectivity index (χ0) is 22.6. The highest BCUT2D eigenvalue weighted by atomic mass is 16.6. The van der Waals surface area contributed by atoms with Crippen LogP contribution in [-0.2, 0) is 4.74 Å². The molecule has 0 radical (unpaired) electrons. The first-order chi connectivity index (χ1) is 13.9. The number of amides is 2. The zero-order valence-electron chi connectivity index (χ0n) is 19.6. The van der Waals surface area contributed by atoms with Crippen molar-refractivity contribution in [3.63, 3.8) is 0 Å². The van der Waals surface area contributed by atoms with E-state index in [9.17, 15) is 14.7 Å². The van der Waals surface area contributed by atoms with Gasteiger partial charge in [0.25, 0.3) is 5.91 Å². The van der Waals surface area contributed by atoms with Crippen LogP contribution in [0.25, 0.3) is 0 Å². The number of benzene rings is 1. The van der Waals surface area contributed by atoms with E-state index in [0.29, 0.717) is 25.2 Å². The van der Waals surface area contributed by atoms with Gasteiger partial charge in [-0.1, -0.05) is 19.9 Å². The Morgan fingerprint density at radius 3 is 2.47 bits per heavy atom. The van der Waals surface area contributed by atoms with Crippen molar-refractivity contribution in [2.24, 2.45) is 5.92 Å². The Kier molecular flexibility index (Phi) is 7.78. The summed E-state index contributed by atoms with van der Waals surface area (Å²) in [5, 5.41) is 10.3. The van der Waals surface area contributed by atoms with Crippen LogP contribution in [0.4, 0.5) is 4.79 Å². The Labute approximate surface area is 181 Å². The molecule has 2 rings (SSSR count). The smallest absolute Gasteiger partial charge is 0.410 e. The summed E-state index contributed by atoms with van der Waals surface area (Å²) in [6.45, 7) is 15.4. The third-order valence-corrected chi connectivity index (χ3v) is 5.43. The van der Waals surface area contributed by atoms with Gasteiger partial charge in [0.2, 0.25) is 0 Å². The first-order valence-electron chi connectivity index (χ1n) is 11.0. The van der Waals surface area contributed by atoms with Gasteiger partial charge in [-0.05, 0) is 77.0 Å². The van der Waals surface area contributed by atoms with Gasteiger partial charge in [0.1, 0.15) is 11.4 Å². The van der Waals surface area contributed by atoms with E-state index in [1.807, 2.05) is 40.7 Å². The predicted molar refractivity (Wildman–Crippen MR) is 119 cm³/mol. The van der Waals surface area contributed by atoms with Gasteiger partial charge in [0.05, 0.1) is 5.56 Å². The highest BCUT2D eigenvalue weighted by Crippen LogP contribution is 2.27. The van der Waals surface area contributed by atoms with Crippen molar-refractivity contribution in [1.82, 2.24) is 9.80 Å². The van der Waals surface area contributed by atoms with Crippen LogP contribution in [0.1, 0.15) is 83.1 Å². The fraction of sp³-hybridized carbons (Fsp3) is 0.667. The van der Waals surface area contributed by atoms with Crippen LogP contribution in [0.3, 0.4) is 0 Å². The Morgan fingerprint density at radius 2 is 1.90 bits per heavy atom. The fourth-order valence-corrected chi connectivity index (χ4v) is 3.75. The highest BCUT2D eigenvalue weighted by Gasteiger charge is 2.31. The first kappa shape index (κ1) is 24.0. The predicted octanol–water partition coefficient (Wildman–Crippen LogP) is 5.01. The molecule has 1 atom stereocenters. The lowest BCUT2D eigenvalue weighted by atomic mass is 9.95. The van der Waals surface area contributed by atoms with E-state index < -0.39 is 5.60 Å². The summed E-state index contributed by atoms with van der Waals surface area (Å²) in [7, 11) is 0. The van der Waals surface area contributed by atoms with Crippen molar-refractivity contribution in [3.8, 4) is 5.75 Å². The maximum atomic E-state index is 13.1. The Morgan fingerprint density at radius 1 is 1.23 bits per heavy atom. The van der Waals surface area contributed by atoms with Gasteiger partial charge in [-0.15, -0.1) is 0 Å². The molecule has 6 heteroatoms. The molecule has 1 aromatic rings. The second-order valence-electron chi connectivity index (χ2n) is 9.92. The highest BCUT2D eigenvalue weighted by molar-refractivity contribution is 5.97. The normalized spacial score (nSPS) is 17.4. The van der Waals surface area contributed by atoms with Gasteiger partial charge in [-0.3, -0.25) is 4.79 Å². The molecule has 1 N–H and O–H groups in total. The molecular formula is C24H38N2O4. The summed E-state index contributed by atoms with van der Waals surface area (Å²) >= 11 is 0. The number of nitrogens with zero attached hydrogens (tertiary/aromatic N) is 2. The second-order valence-corrected chi connectivity index (χ2v) is 9.92. The molecule has 30 heavy (non-hydrogen) atoms. The van der Waals surface area contributed by atoms with Crippen molar-refractivity contribution in [2.45, 2.75) is 78.9 Å². The summed E-state index contributed by atoms with van der Waals surface area (Å²) in [5.74, 6) is 0.324. The van der Waals surface area contributed by atoms with Crippen molar-refractivity contribution in [1.29, 1.82) is 0 Å². The van der Waals surface area contributed by atoms with Crippen molar-refractivity contribution in [2.75, 3.05) is 19.6 Å². The Hall–Kier alpha value is -2.24. The van der Waals surface area contributed by atoms with Crippen LogP contribution >= 0.6 is 0 Å². The molecule has 0 saturated carbocycles. The molecule has 1 fully saturated rings. The van der Waals surface area contributed by atoms with E-state index in [0.717, 1.165) is 18.4 Å². The number of phenolic OH excluding ortho intramolecular Hbond substituents is 1. The lowest BCUT2D eigenvalue weighted by Crippen LogP contribution is -2.48. The average Bonchev–Trinajstić information content (AvgIpc) is 2.64. The summed E-state index contributed by atoms with van der Waals surface area (Å²) < 4.78 is 5.57. The first-order valence-corrected chi connectivity index (χ1v) is 11.0. The summed E-state index contributed by atoms with van der Waals surface area (Å²) in [4.78, 5) is 29.3. The topological polar surface area (TPSA) is 70.1 Å². The maximum absolute atomic E-state index is 13.1. The van der Waals surface area contributed by atoms with Gasteiger partial charge in [0, 0.05) is 25.7 Å². The number of carbonyl (C=O) groups is 2. The molecule has 1 unspecified atom stereocenters. The van der Waals surface area contributed by atoms with Gasteiger partial charge in [-0.2, -0.15) is 0 Å². The summed E-state index contributed by atoms with van der Waals surface area (Å²) in [5.41, 5.74) is 0.841. The second kappa shape index (κ2) is 9.71. The molecule has 0 aromatic heterocycles. The number of carbonyl (C=O) groups excluding carboxylic acids is 2. The van der Waals surface area contributed by atoms with Crippen LogP contribution < -0.4 is 0 Å². The molecular weight excluding hydrogens is 380 g/mol. The van der Waals surface area contributed by atoms with Gasteiger partial charge in [0.15, 0.2) is 0 Å². The molecule has 1 aromatic carbocycles. The standard InChI is InChI=1S/C24H38N2O4/c1-16(2)19-10-11-21(27)20(13-19)22(28)25-12-8-9-18(14-25)15-26(17(3)4)23(29)30-24(5,6)7/h10-11,13,16-18,27H,8-9,12,14-15H2,1-7H3. The Bertz CT molecular complexity index is 752. The number of likely N-dealkylation sites (tertiary alicyclic amines) is 1. The van der Waals surface area contributed by atoms with E-state index in [2.05, 4.69) is 13.8 Å². The molecule has 1 aliphatic rings. The number of piperidine rings is 1. The average molecular weight is 419 g/mol. The van der Waals surface area contributed by atoms with E-state index in [1.165, 1.54) is 0 Å². The Balaban J connectivity index is 2.11. The van der Waals surface area contributed by atoms with Crippen LogP contribution in [0.15, 0.2) is 18.2 Å². The minimum Gasteiger partial charge on any atom is -0.507 e. The number of hydrogen-bond donors (Lipinski definition) is 1. The number of hydrogen-bond acceptors (Lipinski definition) is 4. The van der Waals surface area contributed by atoms with Crippen LogP contribution in [0.2, 0.25) is 0 Å². The third-order valence-electron chi connectivity index (χ3n) is 5.43. The maximum Gasteiger partial charge on any atom is 0.410 e. The molecule has 1 aliphatic heterocycles. The van der Waals surface area contributed by atoms with Crippen molar-refractivity contribution < 1.29 is 19.4 Å². The van der Waals surface area contributed by atoms with Gasteiger partial charge in [-0.25, -0.2) is 4.79 Å². The molecule has 6 nitrogen and oxygen atoms in total. The zero-order valence-corrected chi connectivity index (χ0v) is 19.6. The number of aromatic hydroxyl groups is 1. The number of ether oxygens (including phenoxy) is 1. The van der Waals surface area contributed by atoms with E-state index in [1.54, 1.807) is 21.9 Å². The molecule has 1 heterocycles. The minimum absolute atomic E-state index is 0.0118. The minimum atomic E-state index is -0.544. The fourth-order valence-electron chi connectivity index (χ4n) is 3.75. The number of phenols is 1. The number of rotatable bonds is 5. The van der Waals surface area contributed by atoms with E-state index in [-0.39, 0.29) is 35.6 Å². The molecule has 168 valence electrons. The van der Waals surface area contributed by atoms with Crippen molar-refractivity contribution in [3.05, 3.63) is 29.3 Å². The summed E-state index contributed by atoms with van der Waals surface area (Å²) in [6.07, 6.45) is 1.51. The molecule has 0 bridgehead atoms. The lowest BCUT2D eigenvalue weighted by molar-refractivity contribution is 0.0124.